The van der Waals surface area contributed by atoms with E-state index in [2.05, 4.69) is 5.32 Å². The van der Waals surface area contributed by atoms with Gasteiger partial charge in [0.05, 0.1) is 6.61 Å². The Hall–Kier alpha value is -0.610. The topological polar surface area (TPSA) is 64.3 Å². The minimum absolute atomic E-state index is 0.0548. The van der Waals surface area contributed by atoms with Crippen molar-refractivity contribution in [2.45, 2.75) is 63.8 Å². The zero-order valence-corrected chi connectivity index (χ0v) is 12.6. The molecular formula is C16H30N2O2. The van der Waals surface area contributed by atoms with Crippen LogP contribution < -0.4 is 11.1 Å². The maximum atomic E-state index is 11.9. The number of nitrogens with two attached hydrogens (primary N) is 1. The van der Waals surface area contributed by atoms with Crippen LogP contribution in [-0.4, -0.2) is 31.7 Å². The van der Waals surface area contributed by atoms with Crippen molar-refractivity contribution in [2.24, 2.45) is 17.6 Å². The Balaban J connectivity index is 1.59. The molecule has 3 N–H and O–H groups in total. The summed E-state index contributed by atoms with van der Waals surface area (Å²) in [4.78, 5) is 11.9. The molecule has 2 atom stereocenters. The van der Waals surface area contributed by atoms with E-state index in [0.29, 0.717) is 24.5 Å². The summed E-state index contributed by atoms with van der Waals surface area (Å²) in [5, 5.41) is 3.12. The molecule has 0 heterocycles. The Kier molecular flexibility index (Phi) is 6.80. The molecule has 2 aliphatic carbocycles. The van der Waals surface area contributed by atoms with Gasteiger partial charge in [0.1, 0.15) is 6.61 Å². The summed E-state index contributed by atoms with van der Waals surface area (Å²) in [5.41, 5.74) is 5.76. The molecule has 0 aromatic heterocycles. The highest BCUT2D eigenvalue weighted by Gasteiger charge is 2.26. The number of carbonyl (C=O) groups is 1. The van der Waals surface area contributed by atoms with E-state index in [1.165, 1.54) is 44.9 Å². The molecule has 1 amide bonds. The quantitative estimate of drug-likeness (QED) is 0.734. The molecule has 0 aromatic rings. The number of hydrogen-bond donors (Lipinski definition) is 2. The maximum Gasteiger partial charge on any atom is 0.246 e. The standard InChI is InChI=1S/C16H30N2O2/c17-10-13-6-5-7-14(13)11-20-12-16(19)18-15-8-3-1-2-4-9-15/h13-15H,1-12,17H2,(H,18,19). The smallest absolute Gasteiger partial charge is 0.246 e. The molecule has 4 nitrogen and oxygen atoms in total. The molecule has 2 aliphatic rings. The first-order valence-electron chi connectivity index (χ1n) is 8.36. The van der Waals surface area contributed by atoms with Gasteiger partial charge in [-0.3, -0.25) is 4.79 Å². The van der Waals surface area contributed by atoms with Crippen LogP contribution in [0.5, 0.6) is 0 Å². The van der Waals surface area contributed by atoms with Gasteiger partial charge in [0.15, 0.2) is 0 Å². The Bertz CT molecular complexity index is 288. The molecule has 0 aromatic carbocycles. The van der Waals surface area contributed by atoms with Crippen LogP contribution in [0.1, 0.15) is 57.8 Å². The van der Waals surface area contributed by atoms with E-state index in [1.807, 2.05) is 0 Å². The summed E-state index contributed by atoms with van der Waals surface area (Å²) in [6.07, 6.45) is 11.0. The minimum Gasteiger partial charge on any atom is -0.371 e. The Morgan fingerprint density at radius 3 is 2.40 bits per heavy atom. The number of amides is 1. The molecule has 2 fully saturated rings. The molecule has 2 rings (SSSR count). The SMILES string of the molecule is NCC1CCCC1COCC(=O)NC1CCCCCC1. The number of hydrogen-bond acceptors (Lipinski definition) is 3. The largest absolute Gasteiger partial charge is 0.371 e. The van der Waals surface area contributed by atoms with E-state index in [1.54, 1.807) is 0 Å². The first-order valence-corrected chi connectivity index (χ1v) is 8.36. The summed E-state index contributed by atoms with van der Waals surface area (Å²) < 4.78 is 5.62. The summed E-state index contributed by atoms with van der Waals surface area (Å²) >= 11 is 0. The first kappa shape index (κ1) is 15.8. The highest BCUT2D eigenvalue weighted by molar-refractivity contribution is 5.77. The summed E-state index contributed by atoms with van der Waals surface area (Å²) in [5.74, 6) is 1.21. The van der Waals surface area contributed by atoms with Gasteiger partial charge in [-0.2, -0.15) is 0 Å². The molecule has 116 valence electrons. The van der Waals surface area contributed by atoms with Crippen molar-refractivity contribution in [3.63, 3.8) is 0 Å². The molecule has 2 saturated carbocycles. The summed E-state index contributed by atoms with van der Waals surface area (Å²) in [6.45, 7) is 1.66. The molecule has 2 unspecified atom stereocenters. The second-order valence-corrected chi connectivity index (χ2v) is 6.46. The molecule has 0 spiro atoms. The number of rotatable bonds is 6. The van der Waals surface area contributed by atoms with Crippen LogP contribution in [0.25, 0.3) is 0 Å². The van der Waals surface area contributed by atoms with E-state index in [0.717, 1.165) is 19.4 Å². The van der Waals surface area contributed by atoms with Crippen LogP contribution in [0.3, 0.4) is 0 Å². The van der Waals surface area contributed by atoms with Gasteiger partial charge >= 0.3 is 0 Å². The first-order chi connectivity index (χ1) is 9.79. The van der Waals surface area contributed by atoms with Gasteiger partial charge in [0.2, 0.25) is 5.91 Å². The lowest BCUT2D eigenvalue weighted by Gasteiger charge is -2.19. The fourth-order valence-corrected chi connectivity index (χ4v) is 3.64. The summed E-state index contributed by atoms with van der Waals surface area (Å²) in [6, 6.07) is 0.372. The van der Waals surface area contributed by atoms with Crippen LogP contribution >= 0.6 is 0 Å². The lowest BCUT2D eigenvalue weighted by molar-refractivity contribution is -0.127. The van der Waals surface area contributed by atoms with E-state index < -0.39 is 0 Å². The molecule has 0 bridgehead atoms. The predicted octanol–water partition coefficient (Wildman–Crippen LogP) is 2.22. The van der Waals surface area contributed by atoms with Crippen molar-refractivity contribution in [2.75, 3.05) is 19.8 Å². The zero-order chi connectivity index (χ0) is 14.2. The van der Waals surface area contributed by atoms with Gasteiger partial charge in [-0.25, -0.2) is 0 Å². The third-order valence-electron chi connectivity index (χ3n) is 4.90. The fourth-order valence-electron chi connectivity index (χ4n) is 3.64. The Labute approximate surface area is 122 Å². The number of ether oxygens (including phenoxy) is 1. The monoisotopic (exact) mass is 282 g/mol. The van der Waals surface area contributed by atoms with Crippen LogP contribution in [0.2, 0.25) is 0 Å². The normalized spacial score (nSPS) is 28.2. The molecule has 4 heteroatoms. The number of nitrogens with one attached hydrogen (secondary N) is 1. The van der Waals surface area contributed by atoms with Crippen molar-refractivity contribution < 1.29 is 9.53 Å². The van der Waals surface area contributed by atoms with Crippen LogP contribution in [0.15, 0.2) is 0 Å². The molecule has 0 aliphatic heterocycles. The zero-order valence-electron chi connectivity index (χ0n) is 12.6. The van der Waals surface area contributed by atoms with Gasteiger partial charge < -0.3 is 15.8 Å². The van der Waals surface area contributed by atoms with Crippen molar-refractivity contribution in [3.05, 3.63) is 0 Å². The van der Waals surface area contributed by atoms with E-state index >= 15 is 0 Å². The van der Waals surface area contributed by atoms with Crippen LogP contribution in [0, 0.1) is 11.8 Å². The Morgan fingerprint density at radius 1 is 1.00 bits per heavy atom. The van der Waals surface area contributed by atoms with Crippen molar-refractivity contribution in [3.8, 4) is 0 Å². The minimum atomic E-state index is 0.0548. The lowest BCUT2D eigenvalue weighted by Crippen LogP contribution is -2.37. The Morgan fingerprint density at radius 2 is 1.70 bits per heavy atom. The highest BCUT2D eigenvalue weighted by Crippen LogP contribution is 2.30. The number of carbonyl (C=O) groups excluding carboxylic acids is 1. The third kappa shape index (κ3) is 5.06. The average molecular weight is 282 g/mol. The maximum absolute atomic E-state index is 11.9. The second kappa shape index (κ2) is 8.63. The van der Waals surface area contributed by atoms with Gasteiger partial charge in [-0.15, -0.1) is 0 Å². The van der Waals surface area contributed by atoms with E-state index in [-0.39, 0.29) is 12.5 Å². The second-order valence-electron chi connectivity index (χ2n) is 6.46. The highest BCUT2D eigenvalue weighted by atomic mass is 16.5. The van der Waals surface area contributed by atoms with Gasteiger partial charge in [0, 0.05) is 6.04 Å². The molecule has 0 saturated heterocycles. The molecular weight excluding hydrogens is 252 g/mol. The summed E-state index contributed by atoms with van der Waals surface area (Å²) in [7, 11) is 0. The van der Waals surface area contributed by atoms with Gasteiger partial charge in [-0.05, 0) is 44.1 Å². The molecule has 20 heavy (non-hydrogen) atoms. The lowest BCUT2D eigenvalue weighted by atomic mass is 9.97. The van der Waals surface area contributed by atoms with E-state index in [4.69, 9.17) is 10.5 Å². The van der Waals surface area contributed by atoms with Gasteiger partial charge in [-0.1, -0.05) is 32.1 Å². The van der Waals surface area contributed by atoms with Gasteiger partial charge in [0.25, 0.3) is 0 Å². The van der Waals surface area contributed by atoms with Crippen molar-refractivity contribution in [1.82, 2.24) is 5.32 Å². The van der Waals surface area contributed by atoms with Crippen molar-refractivity contribution in [1.29, 1.82) is 0 Å². The molecule has 0 radical (unpaired) electrons. The van der Waals surface area contributed by atoms with Crippen molar-refractivity contribution >= 4 is 5.91 Å². The predicted molar refractivity (Wildman–Crippen MR) is 80.3 cm³/mol. The van der Waals surface area contributed by atoms with Crippen LogP contribution in [0.4, 0.5) is 0 Å². The van der Waals surface area contributed by atoms with Crippen LogP contribution in [-0.2, 0) is 9.53 Å². The third-order valence-corrected chi connectivity index (χ3v) is 4.90. The fraction of sp³-hybridized carbons (Fsp3) is 0.938. The van der Waals surface area contributed by atoms with E-state index in [9.17, 15) is 4.79 Å². The average Bonchev–Trinajstić information content (AvgIpc) is 2.74.